The molecule has 0 saturated carbocycles. The molecule has 0 amide bonds. The van der Waals surface area contributed by atoms with Gasteiger partial charge in [-0.05, 0) is 22.3 Å². The smallest absolute Gasteiger partial charge is 0.394 e. The molecule has 20 heteroatoms. The van der Waals surface area contributed by atoms with Crippen molar-refractivity contribution in [3.63, 3.8) is 0 Å². The number of rotatable bonds is 9. The maximum atomic E-state index is 10.6. The van der Waals surface area contributed by atoms with E-state index < -0.39 is 50.7 Å². The Kier molecular flexibility index (Phi) is 16.7. The number of carboxylic acid groups (broad SMARTS) is 4. The molecule has 0 fully saturated rings. The second-order valence-corrected chi connectivity index (χ2v) is 7.84. The number of benzene rings is 2. The number of carbonyl (C=O) groups is 4. The molecule has 0 spiro atoms. The van der Waals surface area contributed by atoms with Gasteiger partial charge in [-0.3, -0.25) is 38.4 Å². The Hall–Kier alpha value is -5.21. The van der Waals surface area contributed by atoms with Gasteiger partial charge in [-0.15, -0.1) is 10.1 Å². The standard InChI is InChI=1S/C10H9NO6.C10H10O4.HNO3.H2O4S/c12-9(13)4-6-1-2-8(11(16)17)3-7(6)5-10(14)15;11-9(12)5-7-3-1-2-4-8(7)6-10(13)14;2-1(3)4;1-5(2,3)4/h1-3H,4-5H2,(H,12,13)(H,14,15);1-4H,5-6H2,(H,11,12)(H,13,14);(H,2,3,4);(H2,1,2,3,4). The fourth-order valence-electron chi connectivity index (χ4n) is 2.62. The van der Waals surface area contributed by atoms with E-state index in [1.165, 1.54) is 6.07 Å². The molecule has 40 heavy (non-hydrogen) atoms. The molecule has 0 unspecified atom stereocenters. The van der Waals surface area contributed by atoms with Crippen LogP contribution in [-0.2, 0) is 55.3 Å². The first-order valence-corrected chi connectivity index (χ1v) is 11.4. The summed E-state index contributed by atoms with van der Waals surface area (Å²) in [5.74, 6) is -4.20. The molecular formula is C20H22N2O17S. The topological polar surface area (TPSA) is 330 Å². The van der Waals surface area contributed by atoms with Crippen LogP contribution in [0.25, 0.3) is 0 Å². The highest BCUT2D eigenvalue weighted by molar-refractivity contribution is 7.79. The molecule has 2 aromatic rings. The van der Waals surface area contributed by atoms with Gasteiger partial charge in [0.15, 0.2) is 0 Å². The lowest BCUT2D eigenvalue weighted by Gasteiger charge is -2.05. The summed E-state index contributed by atoms with van der Waals surface area (Å²) < 4.78 is 31.6. The van der Waals surface area contributed by atoms with E-state index in [0.717, 1.165) is 12.1 Å². The molecule has 0 aliphatic carbocycles. The van der Waals surface area contributed by atoms with Crippen LogP contribution in [0.5, 0.6) is 0 Å². The van der Waals surface area contributed by atoms with E-state index in [2.05, 4.69) is 0 Å². The van der Waals surface area contributed by atoms with Gasteiger partial charge in [-0.2, -0.15) is 8.42 Å². The van der Waals surface area contributed by atoms with Crippen molar-refractivity contribution >= 4 is 40.0 Å². The van der Waals surface area contributed by atoms with Crippen molar-refractivity contribution in [1.29, 1.82) is 0 Å². The fraction of sp³-hybridized carbons (Fsp3) is 0.200. The fourth-order valence-corrected chi connectivity index (χ4v) is 2.62. The molecule has 7 N–H and O–H groups in total. The average molecular weight is 594 g/mol. The Morgan fingerprint density at radius 2 is 0.925 bits per heavy atom. The number of hydrogen-bond donors (Lipinski definition) is 7. The summed E-state index contributed by atoms with van der Waals surface area (Å²) in [6.07, 6.45) is -1.07. The Balaban J connectivity index is 0. The second kappa shape index (κ2) is 18.1. The van der Waals surface area contributed by atoms with Crippen LogP contribution in [0, 0.1) is 20.2 Å². The van der Waals surface area contributed by atoms with Gasteiger partial charge in [0.05, 0.1) is 30.6 Å². The Morgan fingerprint density at radius 3 is 1.20 bits per heavy atom. The molecule has 2 rings (SSSR count). The van der Waals surface area contributed by atoms with Crippen LogP contribution in [0.3, 0.4) is 0 Å². The summed E-state index contributed by atoms with van der Waals surface area (Å²) in [5.41, 5.74) is 1.28. The summed E-state index contributed by atoms with van der Waals surface area (Å²) in [6.45, 7) is 0. The summed E-state index contributed by atoms with van der Waals surface area (Å²) in [6, 6.07) is 10.2. The summed E-state index contributed by atoms with van der Waals surface area (Å²) in [7, 11) is -4.67. The largest absolute Gasteiger partial charge is 0.481 e. The summed E-state index contributed by atoms with van der Waals surface area (Å²) in [4.78, 5) is 60.3. The normalized spacial score (nSPS) is 9.65. The molecule has 0 aromatic heterocycles. The number of nitro benzene ring substituents is 1. The van der Waals surface area contributed by atoms with E-state index in [0.29, 0.717) is 11.1 Å². The van der Waals surface area contributed by atoms with Gasteiger partial charge in [0, 0.05) is 12.1 Å². The first kappa shape index (κ1) is 36.9. The monoisotopic (exact) mass is 594 g/mol. The van der Waals surface area contributed by atoms with Crippen LogP contribution in [0.2, 0.25) is 0 Å². The highest BCUT2D eigenvalue weighted by atomic mass is 32.3. The van der Waals surface area contributed by atoms with Crippen LogP contribution >= 0.6 is 0 Å². The van der Waals surface area contributed by atoms with E-state index in [1.54, 1.807) is 24.3 Å². The maximum Gasteiger partial charge on any atom is 0.394 e. The molecular weight excluding hydrogens is 572 g/mol. The molecule has 0 aliphatic heterocycles. The van der Waals surface area contributed by atoms with Gasteiger partial charge in [0.2, 0.25) is 0 Å². The molecule has 0 aliphatic rings. The Bertz CT molecular complexity index is 1280. The SMILES string of the molecule is O=C(O)Cc1ccc([N+](=O)[O-])cc1CC(=O)O.O=C(O)Cc1ccccc1CC(=O)O.O=S(=O)(O)O.O=[N+]([O-])O. The quantitative estimate of drug-likeness (QED) is 0.120. The van der Waals surface area contributed by atoms with Crippen molar-refractivity contribution in [3.8, 4) is 0 Å². The highest BCUT2D eigenvalue weighted by Crippen LogP contribution is 2.19. The van der Waals surface area contributed by atoms with Crippen molar-refractivity contribution in [3.05, 3.63) is 84.9 Å². The minimum atomic E-state index is -4.67. The number of carboxylic acids is 4. The summed E-state index contributed by atoms with van der Waals surface area (Å²) >= 11 is 0. The minimum absolute atomic E-state index is 0.135. The lowest BCUT2D eigenvalue weighted by Crippen LogP contribution is -2.08. The van der Waals surface area contributed by atoms with Crippen molar-refractivity contribution in [2.45, 2.75) is 25.7 Å². The third-order valence-electron chi connectivity index (χ3n) is 3.89. The molecule has 0 heterocycles. The van der Waals surface area contributed by atoms with E-state index in [-0.39, 0.29) is 36.1 Å². The number of aliphatic carboxylic acids is 4. The van der Waals surface area contributed by atoms with Gasteiger partial charge >= 0.3 is 34.3 Å². The lowest BCUT2D eigenvalue weighted by atomic mass is 10.0. The zero-order valence-electron chi connectivity index (χ0n) is 19.9. The van der Waals surface area contributed by atoms with E-state index in [1.807, 2.05) is 0 Å². The second-order valence-electron chi connectivity index (χ2n) is 6.95. The van der Waals surface area contributed by atoms with Crippen LogP contribution < -0.4 is 0 Å². The first-order chi connectivity index (χ1) is 18.2. The molecule has 2 aromatic carbocycles. The third kappa shape index (κ3) is 22.0. The Morgan fingerprint density at radius 1 is 0.650 bits per heavy atom. The van der Waals surface area contributed by atoms with Crippen molar-refractivity contribution in [1.82, 2.24) is 0 Å². The zero-order chi connectivity index (χ0) is 31.6. The van der Waals surface area contributed by atoms with Crippen molar-refractivity contribution in [2.75, 3.05) is 0 Å². The van der Waals surface area contributed by atoms with Gasteiger partial charge < -0.3 is 25.6 Å². The predicted octanol–water partition coefficient (Wildman–Crippen LogP) is 0.789. The van der Waals surface area contributed by atoms with E-state index in [9.17, 15) is 29.3 Å². The predicted molar refractivity (Wildman–Crippen MR) is 128 cm³/mol. The zero-order valence-corrected chi connectivity index (χ0v) is 20.7. The van der Waals surface area contributed by atoms with Gasteiger partial charge in [-0.1, -0.05) is 30.3 Å². The molecule has 0 bridgehead atoms. The number of nitro groups is 1. The summed E-state index contributed by atoms with van der Waals surface area (Å²) in [5, 5.41) is 58.6. The van der Waals surface area contributed by atoms with Crippen LogP contribution in [-0.4, -0.2) is 77.0 Å². The highest BCUT2D eigenvalue weighted by Gasteiger charge is 2.15. The third-order valence-corrected chi connectivity index (χ3v) is 3.89. The van der Waals surface area contributed by atoms with Gasteiger partial charge in [-0.25, -0.2) is 0 Å². The van der Waals surface area contributed by atoms with Gasteiger partial charge in [0.25, 0.3) is 10.8 Å². The lowest BCUT2D eigenvalue weighted by molar-refractivity contribution is -0.742. The van der Waals surface area contributed by atoms with Crippen LogP contribution in [0.4, 0.5) is 5.69 Å². The molecule has 0 saturated heterocycles. The molecule has 0 radical (unpaired) electrons. The van der Waals surface area contributed by atoms with Crippen LogP contribution in [0.15, 0.2) is 42.5 Å². The van der Waals surface area contributed by atoms with E-state index in [4.69, 9.17) is 53.3 Å². The van der Waals surface area contributed by atoms with Crippen molar-refractivity contribution in [2.24, 2.45) is 0 Å². The number of non-ortho nitro benzene ring substituents is 1. The Labute approximate surface area is 223 Å². The average Bonchev–Trinajstić information content (AvgIpc) is 2.74. The van der Waals surface area contributed by atoms with Crippen molar-refractivity contribution < 1.29 is 72.3 Å². The number of hydrogen-bond acceptors (Lipinski definition) is 10. The van der Waals surface area contributed by atoms with E-state index >= 15 is 0 Å². The maximum absolute atomic E-state index is 10.6. The number of nitrogens with zero attached hydrogens (tertiary/aromatic N) is 2. The first-order valence-electron chi connectivity index (χ1n) is 9.96. The van der Waals surface area contributed by atoms with Crippen LogP contribution in [0.1, 0.15) is 22.3 Å². The molecule has 0 atom stereocenters. The molecule has 220 valence electrons. The van der Waals surface area contributed by atoms with Gasteiger partial charge in [0.1, 0.15) is 0 Å². The molecule has 19 nitrogen and oxygen atoms in total. The minimum Gasteiger partial charge on any atom is -0.481 e.